The van der Waals surface area contributed by atoms with Crippen LogP contribution in [0.1, 0.15) is 16.7 Å². The molecule has 0 radical (unpaired) electrons. The highest BCUT2D eigenvalue weighted by Gasteiger charge is 2.23. The summed E-state index contributed by atoms with van der Waals surface area (Å²) in [5, 5.41) is 14.0. The number of amidine groups is 1. The number of nitro groups is 1. The normalized spacial score (nSPS) is 15.8. The van der Waals surface area contributed by atoms with Crippen molar-refractivity contribution in [3.63, 3.8) is 0 Å². The van der Waals surface area contributed by atoms with E-state index in [1.807, 2.05) is 32.0 Å². The number of benzene rings is 2. The van der Waals surface area contributed by atoms with Gasteiger partial charge in [-0.25, -0.2) is 9.98 Å². The number of aryl methyl sites for hydroxylation is 2. The van der Waals surface area contributed by atoms with Crippen molar-refractivity contribution in [3.05, 3.63) is 92.5 Å². The summed E-state index contributed by atoms with van der Waals surface area (Å²) in [6.07, 6.45) is 2.91. The lowest BCUT2D eigenvalue weighted by Gasteiger charge is -2.04. The van der Waals surface area contributed by atoms with E-state index in [0.717, 1.165) is 23.0 Å². The number of ether oxygens (including phenoxy) is 1. The Balaban J connectivity index is 1.44. The maximum Gasteiger partial charge on any atom is 0.287 e. The third kappa shape index (κ3) is 5.01. The van der Waals surface area contributed by atoms with Crippen LogP contribution in [-0.4, -0.2) is 21.0 Å². The summed E-state index contributed by atoms with van der Waals surface area (Å²) >= 11 is 1.28. The van der Waals surface area contributed by atoms with Gasteiger partial charge in [-0.2, -0.15) is 0 Å². The molecule has 4 rings (SSSR count). The second-order valence-electron chi connectivity index (χ2n) is 7.03. The van der Waals surface area contributed by atoms with Crippen molar-refractivity contribution < 1.29 is 14.5 Å². The van der Waals surface area contributed by atoms with Crippen molar-refractivity contribution in [1.29, 1.82) is 0 Å². The summed E-state index contributed by atoms with van der Waals surface area (Å²) in [7, 11) is 0. The number of amides is 1. The first-order chi connectivity index (χ1) is 15.4. The molecule has 0 unspecified atom stereocenters. The smallest absolute Gasteiger partial charge is 0.287 e. The number of thioether (sulfide) groups is 1. The van der Waals surface area contributed by atoms with E-state index in [9.17, 15) is 14.9 Å². The number of rotatable bonds is 5. The molecule has 2 aromatic carbocycles. The molecule has 0 spiro atoms. The average molecular weight is 446 g/mol. The molecular formula is C23H18N4O4S. The first kappa shape index (κ1) is 21.3. The average Bonchev–Trinajstić information content (AvgIpc) is 3.11. The lowest BCUT2D eigenvalue weighted by molar-refractivity contribution is -0.385. The first-order valence-electron chi connectivity index (χ1n) is 9.62. The Labute approximate surface area is 188 Å². The van der Waals surface area contributed by atoms with Crippen LogP contribution in [0.15, 0.2) is 70.7 Å². The van der Waals surface area contributed by atoms with E-state index in [1.165, 1.54) is 29.5 Å². The molecule has 1 aromatic heterocycles. The Morgan fingerprint density at radius 2 is 1.88 bits per heavy atom. The molecular weight excluding hydrogens is 428 g/mol. The molecule has 0 atom stereocenters. The molecule has 9 heteroatoms. The lowest BCUT2D eigenvalue weighted by atomic mass is 10.1. The molecule has 160 valence electrons. The van der Waals surface area contributed by atoms with Crippen LogP contribution in [0, 0.1) is 24.0 Å². The fourth-order valence-corrected chi connectivity index (χ4v) is 3.68. The monoisotopic (exact) mass is 446 g/mol. The van der Waals surface area contributed by atoms with Gasteiger partial charge in [-0.15, -0.1) is 0 Å². The maximum atomic E-state index is 12.3. The van der Waals surface area contributed by atoms with Crippen LogP contribution in [0.3, 0.4) is 0 Å². The van der Waals surface area contributed by atoms with Gasteiger partial charge in [-0.1, -0.05) is 18.2 Å². The Hall–Kier alpha value is -3.98. The van der Waals surface area contributed by atoms with Crippen LogP contribution in [-0.2, 0) is 4.79 Å². The van der Waals surface area contributed by atoms with Crippen molar-refractivity contribution in [2.45, 2.75) is 13.8 Å². The number of aliphatic imine (C=N–C) groups is 1. The van der Waals surface area contributed by atoms with Gasteiger partial charge in [0.05, 0.1) is 15.5 Å². The van der Waals surface area contributed by atoms with Gasteiger partial charge in [0.2, 0.25) is 5.88 Å². The van der Waals surface area contributed by atoms with Gasteiger partial charge in [0.15, 0.2) is 5.17 Å². The molecule has 1 saturated heterocycles. The number of carbonyl (C=O) groups is 1. The first-order valence-corrected chi connectivity index (χ1v) is 10.4. The second kappa shape index (κ2) is 9.03. The standard InChI is InChI=1S/C23H18N4O4S/c1-14-3-6-17(11-15(14)2)25-23-26-22(28)20(32-23)12-16-4-8-19(9-5-16)31-21-10-7-18(13-24-21)27(29)30/h3-13H,1-2H3,(H,25,26,28)/b20-12-. The zero-order valence-corrected chi connectivity index (χ0v) is 18.1. The Morgan fingerprint density at radius 3 is 2.53 bits per heavy atom. The lowest BCUT2D eigenvalue weighted by Crippen LogP contribution is -2.19. The third-order valence-electron chi connectivity index (χ3n) is 4.70. The topological polar surface area (TPSA) is 107 Å². The number of hydrogen-bond acceptors (Lipinski definition) is 7. The van der Waals surface area contributed by atoms with Crippen LogP contribution in [0.5, 0.6) is 11.6 Å². The summed E-state index contributed by atoms with van der Waals surface area (Å²) < 4.78 is 5.60. The third-order valence-corrected chi connectivity index (χ3v) is 5.61. The number of aromatic nitrogens is 1. The Bertz CT molecular complexity index is 1250. The molecule has 2 heterocycles. The molecule has 1 amide bonds. The predicted octanol–water partition coefficient (Wildman–Crippen LogP) is 5.29. The van der Waals surface area contributed by atoms with Gasteiger partial charge in [-0.05, 0) is 72.6 Å². The van der Waals surface area contributed by atoms with Gasteiger partial charge in [-0.3, -0.25) is 14.9 Å². The van der Waals surface area contributed by atoms with Gasteiger partial charge >= 0.3 is 0 Å². The fourth-order valence-electron chi connectivity index (χ4n) is 2.84. The molecule has 0 aliphatic carbocycles. The Kier molecular flexibility index (Phi) is 6.00. The van der Waals surface area contributed by atoms with E-state index in [1.54, 1.807) is 30.3 Å². The van der Waals surface area contributed by atoms with Crippen LogP contribution in [0.25, 0.3) is 6.08 Å². The van der Waals surface area contributed by atoms with E-state index >= 15 is 0 Å². The SMILES string of the molecule is Cc1ccc(N=C2NC(=O)/C(=C/c3ccc(Oc4ccc([N+](=O)[O-])cn4)cc3)S2)cc1C. The van der Waals surface area contributed by atoms with E-state index in [2.05, 4.69) is 15.3 Å². The number of carbonyl (C=O) groups excluding carboxylic acids is 1. The van der Waals surface area contributed by atoms with Gasteiger partial charge < -0.3 is 10.1 Å². The minimum absolute atomic E-state index is 0.105. The van der Waals surface area contributed by atoms with Crippen molar-refractivity contribution in [1.82, 2.24) is 10.3 Å². The molecule has 1 N–H and O–H groups in total. The van der Waals surface area contributed by atoms with E-state index in [-0.39, 0.29) is 17.5 Å². The molecule has 1 aliphatic rings. The van der Waals surface area contributed by atoms with E-state index in [0.29, 0.717) is 15.8 Å². The minimum atomic E-state index is -0.520. The molecule has 1 fully saturated rings. The minimum Gasteiger partial charge on any atom is -0.439 e. The van der Waals surface area contributed by atoms with Crippen LogP contribution < -0.4 is 10.1 Å². The summed E-state index contributed by atoms with van der Waals surface area (Å²) in [5.74, 6) is 0.571. The summed E-state index contributed by atoms with van der Waals surface area (Å²) in [5.41, 5.74) is 3.84. The van der Waals surface area contributed by atoms with E-state index < -0.39 is 4.92 Å². The number of hydrogen-bond donors (Lipinski definition) is 1. The quantitative estimate of drug-likeness (QED) is 0.324. The largest absolute Gasteiger partial charge is 0.439 e. The highest BCUT2D eigenvalue weighted by molar-refractivity contribution is 8.18. The highest BCUT2D eigenvalue weighted by Crippen LogP contribution is 2.29. The molecule has 1 aliphatic heterocycles. The van der Waals surface area contributed by atoms with E-state index in [4.69, 9.17) is 4.74 Å². The van der Waals surface area contributed by atoms with Crippen LogP contribution in [0.4, 0.5) is 11.4 Å². The molecule has 0 saturated carbocycles. The molecule has 8 nitrogen and oxygen atoms in total. The highest BCUT2D eigenvalue weighted by atomic mass is 32.2. The summed E-state index contributed by atoms with van der Waals surface area (Å²) in [4.78, 5) is 31.5. The van der Waals surface area contributed by atoms with Crippen molar-refractivity contribution in [2.24, 2.45) is 4.99 Å². The zero-order chi connectivity index (χ0) is 22.7. The number of nitrogens with zero attached hydrogens (tertiary/aromatic N) is 3. The van der Waals surface area contributed by atoms with Crippen molar-refractivity contribution in [3.8, 4) is 11.6 Å². The number of pyridine rings is 1. The van der Waals surface area contributed by atoms with Gasteiger partial charge in [0.25, 0.3) is 11.6 Å². The predicted molar refractivity (Wildman–Crippen MR) is 124 cm³/mol. The Morgan fingerprint density at radius 1 is 1.09 bits per heavy atom. The molecule has 32 heavy (non-hydrogen) atoms. The summed E-state index contributed by atoms with van der Waals surface area (Å²) in [6, 6.07) is 15.7. The van der Waals surface area contributed by atoms with Crippen LogP contribution in [0.2, 0.25) is 0 Å². The second-order valence-corrected chi connectivity index (χ2v) is 8.06. The van der Waals surface area contributed by atoms with Gasteiger partial charge in [0, 0.05) is 12.1 Å². The van der Waals surface area contributed by atoms with Crippen molar-refractivity contribution in [2.75, 3.05) is 0 Å². The zero-order valence-electron chi connectivity index (χ0n) is 17.2. The van der Waals surface area contributed by atoms with Crippen molar-refractivity contribution >= 4 is 40.3 Å². The van der Waals surface area contributed by atoms with Crippen LogP contribution >= 0.6 is 11.8 Å². The molecule has 3 aromatic rings. The summed E-state index contributed by atoms with van der Waals surface area (Å²) in [6.45, 7) is 4.06. The molecule has 0 bridgehead atoms. The number of nitrogens with one attached hydrogen (secondary N) is 1. The maximum absolute atomic E-state index is 12.3. The fraction of sp³-hybridized carbons (Fsp3) is 0.0870. The van der Waals surface area contributed by atoms with Gasteiger partial charge in [0.1, 0.15) is 11.9 Å².